The number of fused-ring (bicyclic) bond motifs is 2. The number of carbonyl (C=O) groups excluding carboxylic acids is 1. The number of benzene rings is 3. The number of nitrogens with zero attached hydrogens (tertiary/aromatic N) is 1. The van der Waals surface area contributed by atoms with Crippen LogP contribution in [0.3, 0.4) is 0 Å². The molecule has 1 atom stereocenters. The monoisotopic (exact) mass is 419 g/mol. The normalized spacial score (nSPS) is 15.6. The zero-order valence-electron chi connectivity index (χ0n) is 15.6. The molecule has 1 amide bonds. The largest absolute Gasteiger partial charge is 0.450 e. The first kappa shape index (κ1) is 18.6. The molecule has 1 aliphatic rings. The number of rotatable bonds is 3. The number of carbonyl (C=O) groups is 1. The van der Waals surface area contributed by atoms with Gasteiger partial charge in [0.2, 0.25) is 5.76 Å². The second-order valence-corrected chi connectivity index (χ2v) is 7.62. The van der Waals surface area contributed by atoms with E-state index < -0.39 is 11.9 Å². The van der Waals surface area contributed by atoms with Gasteiger partial charge in [-0.1, -0.05) is 48.0 Å². The van der Waals surface area contributed by atoms with Gasteiger partial charge in [-0.3, -0.25) is 9.59 Å². The molecule has 5 rings (SSSR count). The highest BCUT2D eigenvalue weighted by Gasteiger charge is 2.42. The highest BCUT2D eigenvalue weighted by atomic mass is 35.5. The van der Waals surface area contributed by atoms with Crippen LogP contribution in [0.5, 0.6) is 0 Å². The predicted molar refractivity (Wildman–Crippen MR) is 112 cm³/mol. The van der Waals surface area contributed by atoms with E-state index in [0.717, 1.165) is 5.56 Å². The van der Waals surface area contributed by atoms with Crippen molar-refractivity contribution in [2.75, 3.05) is 0 Å². The van der Waals surface area contributed by atoms with Crippen LogP contribution in [0, 0.1) is 5.82 Å². The Kier molecular flexibility index (Phi) is 4.40. The molecule has 0 saturated carbocycles. The van der Waals surface area contributed by atoms with Crippen LogP contribution in [-0.2, 0) is 6.54 Å². The second kappa shape index (κ2) is 7.11. The fourth-order valence-corrected chi connectivity index (χ4v) is 4.03. The van der Waals surface area contributed by atoms with Crippen LogP contribution in [-0.4, -0.2) is 10.8 Å². The van der Waals surface area contributed by atoms with Gasteiger partial charge in [-0.15, -0.1) is 0 Å². The predicted octanol–water partition coefficient (Wildman–Crippen LogP) is 5.33. The fraction of sp³-hybridized carbons (Fsp3) is 0.0833. The van der Waals surface area contributed by atoms with E-state index in [-0.39, 0.29) is 29.2 Å². The molecule has 2 heterocycles. The summed E-state index contributed by atoms with van der Waals surface area (Å²) >= 11 is 5.98. The van der Waals surface area contributed by atoms with Gasteiger partial charge in [-0.05, 0) is 47.5 Å². The molecule has 4 nitrogen and oxygen atoms in total. The van der Waals surface area contributed by atoms with Crippen LogP contribution in [0.2, 0.25) is 5.02 Å². The van der Waals surface area contributed by atoms with Gasteiger partial charge >= 0.3 is 0 Å². The maximum Gasteiger partial charge on any atom is 0.291 e. The zero-order valence-corrected chi connectivity index (χ0v) is 16.4. The fourth-order valence-electron chi connectivity index (χ4n) is 3.91. The number of amides is 1. The molecule has 30 heavy (non-hydrogen) atoms. The van der Waals surface area contributed by atoms with Crippen molar-refractivity contribution < 1.29 is 13.6 Å². The zero-order chi connectivity index (χ0) is 20.8. The topological polar surface area (TPSA) is 50.5 Å². The van der Waals surface area contributed by atoms with Crippen molar-refractivity contribution in [2.24, 2.45) is 0 Å². The summed E-state index contributed by atoms with van der Waals surface area (Å²) in [6.07, 6.45) is 0. The maximum absolute atomic E-state index is 13.5. The minimum atomic E-state index is -0.676. The molecule has 1 aliphatic heterocycles. The van der Waals surface area contributed by atoms with E-state index >= 15 is 0 Å². The van der Waals surface area contributed by atoms with Crippen LogP contribution in [0.25, 0.3) is 11.0 Å². The van der Waals surface area contributed by atoms with Crippen molar-refractivity contribution in [3.05, 3.63) is 116 Å². The van der Waals surface area contributed by atoms with Gasteiger partial charge in [-0.2, -0.15) is 0 Å². The molecular formula is C24H15ClFNO3. The molecule has 1 aromatic heterocycles. The van der Waals surface area contributed by atoms with Crippen LogP contribution in [0.15, 0.2) is 82.0 Å². The van der Waals surface area contributed by atoms with Crippen molar-refractivity contribution in [2.45, 2.75) is 12.6 Å². The highest BCUT2D eigenvalue weighted by molar-refractivity contribution is 6.30. The smallest absolute Gasteiger partial charge is 0.291 e. The third kappa shape index (κ3) is 2.99. The molecule has 4 aromatic rings. The van der Waals surface area contributed by atoms with Gasteiger partial charge in [-0.25, -0.2) is 4.39 Å². The van der Waals surface area contributed by atoms with Gasteiger partial charge in [0.05, 0.1) is 17.0 Å². The quantitative estimate of drug-likeness (QED) is 0.451. The lowest BCUT2D eigenvalue weighted by Gasteiger charge is -2.25. The highest BCUT2D eigenvalue weighted by Crippen LogP contribution is 2.39. The molecule has 0 radical (unpaired) electrons. The van der Waals surface area contributed by atoms with Gasteiger partial charge in [0.15, 0.2) is 5.43 Å². The molecule has 0 fully saturated rings. The SMILES string of the molecule is O=C1c2oc3ccccc3c(=O)c2C(c2ccc(F)cc2)N1Cc1ccc(Cl)cc1. The summed E-state index contributed by atoms with van der Waals surface area (Å²) in [5.41, 5.74) is 1.87. The lowest BCUT2D eigenvalue weighted by Crippen LogP contribution is -2.29. The van der Waals surface area contributed by atoms with Crippen LogP contribution < -0.4 is 5.43 Å². The first-order valence-electron chi connectivity index (χ1n) is 9.39. The Morgan fingerprint density at radius 3 is 2.37 bits per heavy atom. The standard InChI is InChI=1S/C24H15ClFNO3/c25-16-9-5-14(6-10-16)13-27-21(15-7-11-17(26)12-8-15)20-22(28)18-3-1-2-4-19(18)30-23(20)24(27)29/h1-12,21H,13H2. The van der Waals surface area contributed by atoms with Crippen molar-refractivity contribution in [1.82, 2.24) is 4.90 Å². The van der Waals surface area contributed by atoms with Gasteiger partial charge < -0.3 is 9.32 Å². The summed E-state index contributed by atoms with van der Waals surface area (Å²) < 4.78 is 19.4. The lowest BCUT2D eigenvalue weighted by molar-refractivity contribution is 0.0714. The minimum absolute atomic E-state index is 0.0296. The summed E-state index contributed by atoms with van der Waals surface area (Å²) in [5, 5.41) is 0.998. The van der Waals surface area contributed by atoms with Crippen LogP contribution in [0.4, 0.5) is 4.39 Å². The van der Waals surface area contributed by atoms with Crippen molar-refractivity contribution in [3.8, 4) is 0 Å². The Balaban J connectivity index is 1.71. The van der Waals surface area contributed by atoms with E-state index in [9.17, 15) is 14.0 Å². The summed E-state index contributed by atoms with van der Waals surface area (Å²) in [5.74, 6) is -0.739. The second-order valence-electron chi connectivity index (χ2n) is 7.18. The first-order chi connectivity index (χ1) is 14.5. The number of halogens is 2. The molecule has 3 aromatic carbocycles. The average molecular weight is 420 g/mol. The van der Waals surface area contributed by atoms with Gasteiger partial charge in [0, 0.05) is 11.6 Å². The van der Waals surface area contributed by atoms with Gasteiger partial charge in [0.1, 0.15) is 11.4 Å². The molecule has 0 aliphatic carbocycles. The van der Waals surface area contributed by atoms with E-state index in [2.05, 4.69) is 0 Å². The molecule has 1 unspecified atom stereocenters. The third-order valence-corrected chi connectivity index (χ3v) is 5.58. The Labute approximate surface area is 176 Å². The Hall–Kier alpha value is -3.44. The maximum atomic E-state index is 13.5. The lowest BCUT2D eigenvalue weighted by atomic mass is 9.98. The van der Waals surface area contributed by atoms with Crippen LogP contribution >= 0.6 is 11.6 Å². The third-order valence-electron chi connectivity index (χ3n) is 5.33. The van der Waals surface area contributed by atoms with E-state index in [1.807, 2.05) is 12.1 Å². The number of hydrogen-bond donors (Lipinski definition) is 0. The summed E-state index contributed by atoms with van der Waals surface area (Å²) in [4.78, 5) is 28.2. The Morgan fingerprint density at radius 2 is 1.63 bits per heavy atom. The Morgan fingerprint density at radius 1 is 0.933 bits per heavy atom. The molecule has 0 bridgehead atoms. The van der Waals surface area contributed by atoms with Gasteiger partial charge in [0.25, 0.3) is 5.91 Å². The number of para-hydroxylation sites is 1. The summed E-state index contributed by atoms with van der Waals surface area (Å²) in [7, 11) is 0. The molecule has 0 spiro atoms. The van der Waals surface area contributed by atoms with E-state index in [0.29, 0.717) is 21.6 Å². The molecule has 6 heteroatoms. The summed E-state index contributed by atoms with van der Waals surface area (Å²) in [6, 6.07) is 19.1. The molecular weight excluding hydrogens is 405 g/mol. The van der Waals surface area contributed by atoms with Crippen molar-refractivity contribution in [3.63, 3.8) is 0 Å². The molecule has 0 N–H and O–H groups in total. The van der Waals surface area contributed by atoms with E-state index in [1.54, 1.807) is 53.4 Å². The first-order valence-corrected chi connectivity index (χ1v) is 9.77. The average Bonchev–Trinajstić information content (AvgIpc) is 3.03. The molecule has 148 valence electrons. The number of hydrogen-bond acceptors (Lipinski definition) is 3. The van der Waals surface area contributed by atoms with Crippen LogP contribution in [0.1, 0.15) is 33.3 Å². The van der Waals surface area contributed by atoms with Crippen molar-refractivity contribution >= 4 is 28.5 Å². The minimum Gasteiger partial charge on any atom is -0.450 e. The van der Waals surface area contributed by atoms with E-state index in [1.165, 1.54) is 12.1 Å². The molecule has 0 saturated heterocycles. The van der Waals surface area contributed by atoms with E-state index in [4.69, 9.17) is 16.0 Å². The summed E-state index contributed by atoms with van der Waals surface area (Å²) in [6.45, 7) is 0.248. The Bertz CT molecular complexity index is 1330. The van der Waals surface area contributed by atoms with Crippen molar-refractivity contribution in [1.29, 1.82) is 0 Å².